The van der Waals surface area contributed by atoms with Crippen LogP contribution in [0.5, 0.6) is 11.5 Å². The van der Waals surface area contributed by atoms with E-state index in [1.807, 2.05) is 0 Å². The third-order valence-electron chi connectivity index (χ3n) is 4.86. The third-order valence-corrected chi connectivity index (χ3v) is 4.86. The summed E-state index contributed by atoms with van der Waals surface area (Å²) >= 11 is 0. The lowest BCUT2D eigenvalue weighted by Gasteiger charge is -2.30. The minimum Gasteiger partial charge on any atom is -0.490 e. The first-order valence-electron chi connectivity index (χ1n) is 9.45. The third kappa shape index (κ3) is 4.63. The van der Waals surface area contributed by atoms with Crippen LogP contribution in [0.3, 0.4) is 0 Å². The van der Waals surface area contributed by atoms with Crippen LogP contribution in [-0.4, -0.2) is 42.8 Å². The zero-order chi connectivity index (χ0) is 22.7. The molecule has 0 spiro atoms. The second kappa shape index (κ2) is 8.82. The summed E-state index contributed by atoms with van der Waals surface area (Å²) in [6.07, 6.45) is -0.785. The molecule has 162 valence electrons. The summed E-state index contributed by atoms with van der Waals surface area (Å²) in [5, 5.41) is 13.6. The van der Waals surface area contributed by atoms with Gasteiger partial charge in [0.25, 0.3) is 5.91 Å². The van der Waals surface area contributed by atoms with E-state index in [-0.39, 0.29) is 41.7 Å². The molecule has 1 aliphatic rings. The van der Waals surface area contributed by atoms with Crippen LogP contribution in [0.15, 0.2) is 36.4 Å². The zero-order valence-electron chi connectivity index (χ0n) is 17.2. The van der Waals surface area contributed by atoms with Gasteiger partial charge < -0.3 is 19.7 Å². The number of rotatable bonds is 7. The Balaban J connectivity index is 1.64. The number of nitro benzene ring substituents is 1. The average Bonchev–Trinajstić information content (AvgIpc) is 2.75. The van der Waals surface area contributed by atoms with Gasteiger partial charge in [0.15, 0.2) is 17.6 Å². The van der Waals surface area contributed by atoms with E-state index in [4.69, 9.17) is 9.47 Å². The van der Waals surface area contributed by atoms with Crippen LogP contribution in [0.25, 0.3) is 0 Å². The summed E-state index contributed by atoms with van der Waals surface area (Å²) in [7, 11) is 2.92. The number of carbonyl (C=O) groups is 3. The van der Waals surface area contributed by atoms with Crippen molar-refractivity contribution >= 4 is 34.7 Å². The topological polar surface area (TPSA) is 128 Å². The number of likely N-dealkylation sites (N-methyl/N-ethyl adjacent to an activating group) is 1. The summed E-state index contributed by atoms with van der Waals surface area (Å²) in [4.78, 5) is 48.7. The van der Waals surface area contributed by atoms with Crippen LogP contribution in [0.4, 0.5) is 17.1 Å². The van der Waals surface area contributed by atoms with E-state index in [9.17, 15) is 24.5 Å². The van der Waals surface area contributed by atoms with Crippen molar-refractivity contribution in [2.75, 3.05) is 24.4 Å². The molecule has 2 aromatic rings. The van der Waals surface area contributed by atoms with Crippen LogP contribution >= 0.6 is 0 Å². The van der Waals surface area contributed by atoms with Crippen molar-refractivity contribution < 1.29 is 28.8 Å². The second-order valence-electron chi connectivity index (χ2n) is 6.95. The predicted molar refractivity (Wildman–Crippen MR) is 112 cm³/mol. The zero-order valence-corrected chi connectivity index (χ0v) is 17.2. The Kier molecular flexibility index (Phi) is 6.19. The first-order chi connectivity index (χ1) is 14.7. The average molecular weight is 427 g/mol. The molecule has 0 aliphatic carbocycles. The number of methoxy groups -OCH3 is 1. The highest BCUT2D eigenvalue weighted by Crippen LogP contribution is 2.34. The van der Waals surface area contributed by atoms with Crippen molar-refractivity contribution in [3.05, 3.63) is 52.1 Å². The number of anilines is 2. The highest BCUT2D eigenvalue weighted by atomic mass is 16.6. The fourth-order valence-electron chi connectivity index (χ4n) is 3.19. The van der Waals surface area contributed by atoms with Gasteiger partial charge in [0.2, 0.25) is 5.91 Å². The number of hydrogen-bond donors (Lipinski definition) is 1. The molecule has 0 bridgehead atoms. The van der Waals surface area contributed by atoms with Gasteiger partial charge in [-0.15, -0.1) is 0 Å². The molecule has 1 aliphatic heterocycles. The highest BCUT2D eigenvalue weighted by Gasteiger charge is 2.29. The summed E-state index contributed by atoms with van der Waals surface area (Å²) < 4.78 is 10.5. The monoisotopic (exact) mass is 427 g/mol. The van der Waals surface area contributed by atoms with Crippen molar-refractivity contribution in [1.29, 1.82) is 0 Å². The van der Waals surface area contributed by atoms with Gasteiger partial charge in [-0.1, -0.05) is 0 Å². The van der Waals surface area contributed by atoms with Crippen LogP contribution in [-0.2, 0) is 9.59 Å². The van der Waals surface area contributed by atoms with Gasteiger partial charge in [-0.25, -0.2) is 0 Å². The van der Waals surface area contributed by atoms with E-state index in [2.05, 4.69) is 5.32 Å². The van der Waals surface area contributed by atoms with Crippen LogP contribution in [0.2, 0.25) is 0 Å². The first kappa shape index (κ1) is 21.8. The van der Waals surface area contributed by atoms with E-state index in [0.29, 0.717) is 17.0 Å². The molecule has 0 fully saturated rings. The van der Waals surface area contributed by atoms with Crippen molar-refractivity contribution in [2.24, 2.45) is 0 Å². The molecule has 31 heavy (non-hydrogen) atoms. The number of amides is 2. The van der Waals surface area contributed by atoms with Crippen LogP contribution < -0.4 is 19.7 Å². The Morgan fingerprint density at radius 3 is 2.65 bits per heavy atom. The Morgan fingerprint density at radius 1 is 1.23 bits per heavy atom. The van der Waals surface area contributed by atoms with E-state index in [0.717, 1.165) is 0 Å². The Morgan fingerprint density at radius 2 is 1.97 bits per heavy atom. The summed E-state index contributed by atoms with van der Waals surface area (Å²) in [6.45, 7) is 1.65. The standard InChI is InChI=1S/C21H21N3O7/c1-12-21(27)23(2)15-10-13(4-7-19(15)31-12)17(25)6-9-20(26)22-14-5-8-18(30-3)16(11-14)24(28)29/h4-5,7-8,10-12H,6,9H2,1-3H3,(H,22,26). The largest absolute Gasteiger partial charge is 0.490 e. The first-order valence-corrected chi connectivity index (χ1v) is 9.45. The van der Waals surface area contributed by atoms with E-state index in [1.54, 1.807) is 32.2 Å². The molecule has 1 N–H and O–H groups in total. The molecule has 1 atom stereocenters. The van der Waals surface area contributed by atoms with E-state index >= 15 is 0 Å². The molecule has 0 saturated carbocycles. The van der Waals surface area contributed by atoms with Crippen LogP contribution in [0, 0.1) is 10.1 Å². The quantitative estimate of drug-likeness (QED) is 0.409. The van der Waals surface area contributed by atoms with Crippen molar-refractivity contribution in [2.45, 2.75) is 25.9 Å². The summed E-state index contributed by atoms with van der Waals surface area (Å²) in [5.41, 5.74) is 0.791. The lowest BCUT2D eigenvalue weighted by molar-refractivity contribution is -0.385. The fraction of sp³-hybridized carbons (Fsp3) is 0.286. The van der Waals surface area contributed by atoms with Gasteiger partial charge in [-0.3, -0.25) is 24.5 Å². The molecule has 0 radical (unpaired) electrons. The van der Waals surface area contributed by atoms with Gasteiger partial charge >= 0.3 is 5.69 Å². The number of benzene rings is 2. The number of ketones is 1. The predicted octanol–water partition coefficient (Wildman–Crippen LogP) is 2.95. The molecule has 3 rings (SSSR count). The normalized spacial score (nSPS) is 15.0. The number of hydrogen-bond acceptors (Lipinski definition) is 7. The van der Waals surface area contributed by atoms with Gasteiger partial charge in [0.1, 0.15) is 5.75 Å². The number of nitro groups is 1. The maximum Gasteiger partial charge on any atom is 0.312 e. The van der Waals surface area contributed by atoms with E-state index < -0.39 is 16.9 Å². The number of ether oxygens (including phenoxy) is 2. The number of carbonyl (C=O) groups excluding carboxylic acids is 3. The molecule has 10 nitrogen and oxygen atoms in total. The van der Waals surface area contributed by atoms with Crippen molar-refractivity contribution in [3.8, 4) is 11.5 Å². The molecular formula is C21H21N3O7. The lowest BCUT2D eigenvalue weighted by atomic mass is 10.0. The minimum absolute atomic E-state index is 0.0716. The van der Waals surface area contributed by atoms with Crippen molar-refractivity contribution in [3.63, 3.8) is 0 Å². The SMILES string of the molecule is COc1ccc(NC(=O)CCC(=O)c2ccc3c(c2)N(C)C(=O)C(C)O3)cc1[N+](=O)[O-]. The van der Waals surface area contributed by atoms with Gasteiger partial charge in [0.05, 0.1) is 17.7 Å². The Labute approximate surface area is 177 Å². The van der Waals surface area contributed by atoms with Gasteiger partial charge in [-0.2, -0.15) is 0 Å². The Hall–Kier alpha value is -3.95. The maximum atomic E-state index is 12.5. The number of fused-ring (bicyclic) bond motifs is 1. The maximum absolute atomic E-state index is 12.5. The molecule has 0 saturated heterocycles. The lowest BCUT2D eigenvalue weighted by Crippen LogP contribution is -2.42. The summed E-state index contributed by atoms with van der Waals surface area (Å²) in [6, 6.07) is 8.82. The van der Waals surface area contributed by atoms with Crippen molar-refractivity contribution in [1.82, 2.24) is 0 Å². The van der Waals surface area contributed by atoms with Gasteiger partial charge in [0, 0.05) is 37.2 Å². The minimum atomic E-state index is -0.611. The summed E-state index contributed by atoms with van der Waals surface area (Å²) in [5.74, 6) is -0.379. The molecule has 1 heterocycles. The second-order valence-corrected chi connectivity index (χ2v) is 6.95. The Bertz CT molecular complexity index is 1070. The van der Waals surface area contributed by atoms with Crippen LogP contribution in [0.1, 0.15) is 30.1 Å². The molecule has 1 unspecified atom stereocenters. The van der Waals surface area contributed by atoms with E-state index in [1.165, 1.54) is 30.2 Å². The smallest absolute Gasteiger partial charge is 0.312 e. The molecule has 2 aromatic carbocycles. The van der Waals surface area contributed by atoms with Gasteiger partial charge in [-0.05, 0) is 37.3 Å². The number of Topliss-reactive ketones (excluding diaryl/α,β-unsaturated/α-hetero) is 1. The number of nitrogens with one attached hydrogen (secondary N) is 1. The fourth-order valence-corrected chi connectivity index (χ4v) is 3.19. The molecule has 0 aromatic heterocycles. The molecule has 2 amide bonds. The number of nitrogens with zero attached hydrogens (tertiary/aromatic N) is 2. The molecular weight excluding hydrogens is 406 g/mol. The highest BCUT2D eigenvalue weighted by molar-refractivity contribution is 6.04. The molecule has 10 heteroatoms.